The second-order valence-electron chi connectivity index (χ2n) is 2.64. The zero-order valence-electron chi connectivity index (χ0n) is 7.24. The summed E-state index contributed by atoms with van der Waals surface area (Å²) in [6.07, 6.45) is 6.31. The summed E-state index contributed by atoms with van der Waals surface area (Å²) in [6, 6.07) is 2.87. The maximum absolute atomic E-state index is 12.8. The van der Waals surface area contributed by atoms with Gasteiger partial charge in [0.15, 0.2) is 5.65 Å². The fourth-order valence-corrected chi connectivity index (χ4v) is 1.06. The van der Waals surface area contributed by atoms with E-state index in [1.807, 2.05) is 0 Å². The van der Waals surface area contributed by atoms with Crippen LogP contribution in [0.1, 0.15) is 0 Å². The molecule has 0 bridgehead atoms. The fraction of sp³-hybridized carbons (Fsp3) is 0.111. The minimum Gasteiger partial charge on any atom is -0.342 e. The summed E-state index contributed by atoms with van der Waals surface area (Å²) in [7, 11) is 0. The SMILES string of the molecule is C#CCNc1nc2ccc(F)cn2n1. The third-order valence-corrected chi connectivity index (χ3v) is 1.64. The predicted molar refractivity (Wildman–Crippen MR) is 50.3 cm³/mol. The summed E-state index contributed by atoms with van der Waals surface area (Å²) in [6.45, 7) is 0.347. The van der Waals surface area contributed by atoms with Crippen LogP contribution in [0.3, 0.4) is 0 Å². The van der Waals surface area contributed by atoms with E-state index in [-0.39, 0.29) is 5.82 Å². The van der Waals surface area contributed by atoms with Gasteiger partial charge in [-0.1, -0.05) is 5.92 Å². The molecule has 14 heavy (non-hydrogen) atoms. The van der Waals surface area contributed by atoms with Crippen molar-refractivity contribution in [2.24, 2.45) is 0 Å². The van der Waals surface area contributed by atoms with Crippen LogP contribution >= 0.6 is 0 Å². The molecule has 0 aliphatic carbocycles. The Labute approximate surface area is 79.8 Å². The summed E-state index contributed by atoms with van der Waals surface area (Å²) >= 11 is 0. The molecular weight excluding hydrogens is 183 g/mol. The van der Waals surface area contributed by atoms with Crippen molar-refractivity contribution >= 4 is 11.6 Å². The van der Waals surface area contributed by atoms with Crippen LogP contribution < -0.4 is 5.32 Å². The fourth-order valence-electron chi connectivity index (χ4n) is 1.06. The van der Waals surface area contributed by atoms with Gasteiger partial charge in [-0.15, -0.1) is 11.5 Å². The topological polar surface area (TPSA) is 42.2 Å². The van der Waals surface area contributed by atoms with E-state index >= 15 is 0 Å². The van der Waals surface area contributed by atoms with E-state index in [2.05, 4.69) is 21.3 Å². The zero-order chi connectivity index (χ0) is 9.97. The van der Waals surface area contributed by atoms with Crippen molar-refractivity contribution in [3.8, 4) is 12.3 Å². The van der Waals surface area contributed by atoms with Crippen molar-refractivity contribution in [3.63, 3.8) is 0 Å². The number of nitrogens with zero attached hydrogens (tertiary/aromatic N) is 3. The van der Waals surface area contributed by atoms with Gasteiger partial charge >= 0.3 is 0 Å². The molecule has 0 saturated carbocycles. The number of aromatic nitrogens is 3. The summed E-state index contributed by atoms with van der Waals surface area (Å²) in [4.78, 5) is 4.07. The van der Waals surface area contributed by atoms with Crippen LogP contribution in [-0.2, 0) is 0 Å². The Morgan fingerprint density at radius 2 is 2.43 bits per heavy atom. The number of nitrogens with one attached hydrogen (secondary N) is 1. The highest BCUT2D eigenvalue weighted by Gasteiger charge is 2.02. The Morgan fingerprint density at radius 3 is 3.21 bits per heavy atom. The highest BCUT2D eigenvalue weighted by molar-refractivity contribution is 5.43. The third kappa shape index (κ3) is 1.50. The standard InChI is InChI=1S/C9H7FN4/c1-2-5-11-9-12-8-4-3-7(10)6-14(8)13-9/h1,3-4,6H,5H2,(H,11,13). The maximum Gasteiger partial charge on any atom is 0.243 e. The van der Waals surface area contributed by atoms with Gasteiger partial charge in [-0.3, -0.25) is 0 Å². The van der Waals surface area contributed by atoms with Crippen molar-refractivity contribution in [1.82, 2.24) is 14.6 Å². The minimum atomic E-state index is -0.356. The quantitative estimate of drug-likeness (QED) is 0.716. The first-order valence-corrected chi connectivity index (χ1v) is 3.99. The molecule has 2 heterocycles. The van der Waals surface area contributed by atoms with Gasteiger partial charge in [-0.25, -0.2) is 8.91 Å². The lowest BCUT2D eigenvalue weighted by Crippen LogP contribution is -2.00. The molecule has 1 N–H and O–H groups in total. The van der Waals surface area contributed by atoms with E-state index in [0.717, 1.165) is 0 Å². The number of pyridine rings is 1. The largest absolute Gasteiger partial charge is 0.342 e. The number of terminal acetylenes is 1. The Balaban J connectivity index is 2.37. The van der Waals surface area contributed by atoms with Crippen molar-refractivity contribution in [3.05, 3.63) is 24.1 Å². The first-order chi connectivity index (χ1) is 6.79. The van der Waals surface area contributed by atoms with Crippen molar-refractivity contribution in [2.75, 3.05) is 11.9 Å². The Kier molecular flexibility index (Phi) is 2.03. The number of hydrogen-bond donors (Lipinski definition) is 1. The van der Waals surface area contributed by atoms with Crippen molar-refractivity contribution in [2.45, 2.75) is 0 Å². The molecule has 0 fully saturated rings. The number of rotatable bonds is 2. The molecule has 5 heteroatoms. The van der Waals surface area contributed by atoms with Crippen molar-refractivity contribution < 1.29 is 4.39 Å². The van der Waals surface area contributed by atoms with Crippen LogP contribution in [0.2, 0.25) is 0 Å². The smallest absolute Gasteiger partial charge is 0.243 e. The van der Waals surface area contributed by atoms with E-state index in [1.54, 1.807) is 6.07 Å². The van der Waals surface area contributed by atoms with E-state index in [1.165, 1.54) is 16.8 Å². The van der Waals surface area contributed by atoms with Gasteiger partial charge < -0.3 is 5.32 Å². The lowest BCUT2D eigenvalue weighted by Gasteiger charge is -1.90. The molecule has 2 aromatic rings. The first-order valence-electron chi connectivity index (χ1n) is 3.99. The van der Waals surface area contributed by atoms with E-state index < -0.39 is 0 Å². The molecule has 0 amide bonds. The van der Waals surface area contributed by atoms with Gasteiger partial charge in [0.1, 0.15) is 5.82 Å². The van der Waals surface area contributed by atoms with Gasteiger partial charge in [0.25, 0.3) is 0 Å². The van der Waals surface area contributed by atoms with Gasteiger partial charge in [0, 0.05) is 0 Å². The van der Waals surface area contributed by atoms with Crippen molar-refractivity contribution in [1.29, 1.82) is 0 Å². The van der Waals surface area contributed by atoms with Crippen LogP contribution in [0.25, 0.3) is 5.65 Å². The van der Waals surface area contributed by atoms with Gasteiger partial charge in [-0.2, -0.15) is 4.98 Å². The number of halogens is 1. The second kappa shape index (κ2) is 3.34. The molecule has 0 aromatic carbocycles. The highest BCUT2D eigenvalue weighted by Crippen LogP contribution is 2.05. The summed E-state index contributed by atoms with van der Waals surface area (Å²) in [5.74, 6) is 2.44. The molecular formula is C9H7FN4. The first kappa shape index (κ1) is 8.51. The highest BCUT2D eigenvalue weighted by atomic mass is 19.1. The third-order valence-electron chi connectivity index (χ3n) is 1.64. The molecule has 2 aromatic heterocycles. The average molecular weight is 190 g/mol. The summed E-state index contributed by atoms with van der Waals surface area (Å²) in [5, 5.41) is 6.77. The normalized spacial score (nSPS) is 10.0. The molecule has 0 unspecified atom stereocenters. The Hall–Kier alpha value is -2.09. The summed E-state index contributed by atoms with van der Waals surface area (Å²) in [5.41, 5.74) is 0.575. The number of hydrogen-bond acceptors (Lipinski definition) is 3. The average Bonchev–Trinajstić information content (AvgIpc) is 2.56. The maximum atomic E-state index is 12.8. The molecule has 0 radical (unpaired) electrons. The van der Waals surface area contributed by atoms with Gasteiger partial charge in [-0.05, 0) is 12.1 Å². The molecule has 2 rings (SSSR count). The predicted octanol–water partition coefficient (Wildman–Crippen LogP) is 0.913. The van der Waals surface area contributed by atoms with E-state index in [0.29, 0.717) is 18.1 Å². The van der Waals surface area contributed by atoms with E-state index in [9.17, 15) is 4.39 Å². The van der Waals surface area contributed by atoms with E-state index in [4.69, 9.17) is 6.42 Å². The zero-order valence-corrected chi connectivity index (χ0v) is 7.24. The lowest BCUT2D eigenvalue weighted by atomic mass is 10.5. The Morgan fingerprint density at radius 1 is 1.57 bits per heavy atom. The lowest BCUT2D eigenvalue weighted by molar-refractivity contribution is 0.615. The van der Waals surface area contributed by atoms with Crippen LogP contribution in [0.15, 0.2) is 18.3 Å². The van der Waals surface area contributed by atoms with Crippen LogP contribution in [0.5, 0.6) is 0 Å². The second-order valence-corrected chi connectivity index (χ2v) is 2.64. The number of fused-ring (bicyclic) bond motifs is 1. The summed E-state index contributed by atoms with van der Waals surface area (Å²) < 4.78 is 14.1. The van der Waals surface area contributed by atoms with Crippen LogP contribution in [0.4, 0.5) is 10.3 Å². The molecule has 0 spiro atoms. The van der Waals surface area contributed by atoms with Crippen LogP contribution in [-0.4, -0.2) is 21.1 Å². The molecule has 70 valence electrons. The minimum absolute atomic E-state index is 0.347. The molecule has 0 aliphatic heterocycles. The molecule has 0 atom stereocenters. The number of anilines is 1. The van der Waals surface area contributed by atoms with Crippen LogP contribution in [0, 0.1) is 18.2 Å². The van der Waals surface area contributed by atoms with Gasteiger partial charge in [0.05, 0.1) is 12.7 Å². The Bertz CT molecular complexity index is 497. The monoisotopic (exact) mass is 190 g/mol. The molecule has 0 saturated heterocycles. The van der Waals surface area contributed by atoms with Gasteiger partial charge in [0.2, 0.25) is 5.95 Å². The molecule has 4 nitrogen and oxygen atoms in total. The molecule has 0 aliphatic rings.